The van der Waals surface area contributed by atoms with Crippen LogP contribution in [-0.2, 0) is 34.5 Å². The molecule has 10 rings (SSSR count). The molecule has 4 aliphatic rings. The van der Waals surface area contributed by atoms with Crippen molar-refractivity contribution in [2.45, 2.75) is 57.7 Å². The van der Waals surface area contributed by atoms with E-state index < -0.39 is 29.7 Å². The van der Waals surface area contributed by atoms with Crippen molar-refractivity contribution in [3.63, 3.8) is 0 Å². The summed E-state index contributed by atoms with van der Waals surface area (Å²) in [5, 5.41) is 9.94. The Kier molecular flexibility index (Phi) is 12.1. The summed E-state index contributed by atoms with van der Waals surface area (Å²) in [6, 6.07) is 37.1. The Balaban J connectivity index is 0.945. The number of rotatable bonds is 15. The fraction of sp³-hybridized carbons (Fsp3) is 0.302. The standard InChI is InChI=1S/C53H52N4O7/c1-57-18-17-40-25-44(45(26-47(40)57)49(59)55-33-53-27-36-19-37(28-53)21-38(20-36)29-53)48(58)54-30-46(39-15-9-4-10-16-39)50(60)56-43-23-41(51(61)63-31-34-11-5-2-6-12-34)22-42(24-43)52(62)64-32-35-13-7-3-8-14-35/h2-18,22-26,36-38,46H,19-21,27-33H2,1H3,(H,54,58)(H,55,59)(H,56,60). The maximum absolute atomic E-state index is 14.4. The molecule has 4 fully saturated rings. The molecule has 3 amide bonds. The highest BCUT2D eigenvalue weighted by Gasteiger charge is 2.50. The summed E-state index contributed by atoms with van der Waals surface area (Å²) in [7, 11) is 1.91. The number of anilines is 1. The number of hydrogen-bond acceptors (Lipinski definition) is 7. The average molecular weight is 857 g/mol. The van der Waals surface area contributed by atoms with E-state index in [1.807, 2.05) is 90.6 Å². The van der Waals surface area contributed by atoms with Crippen LogP contribution in [0.4, 0.5) is 5.69 Å². The third-order valence-corrected chi connectivity index (χ3v) is 13.4. The van der Waals surface area contributed by atoms with Crippen LogP contribution in [0.5, 0.6) is 0 Å². The largest absolute Gasteiger partial charge is 0.457 e. The van der Waals surface area contributed by atoms with Crippen LogP contribution in [0.15, 0.2) is 134 Å². The van der Waals surface area contributed by atoms with E-state index in [1.54, 1.807) is 36.4 Å². The average Bonchev–Trinajstić information content (AvgIpc) is 3.68. The number of benzene rings is 5. The zero-order valence-electron chi connectivity index (χ0n) is 35.9. The van der Waals surface area contributed by atoms with Crippen molar-refractivity contribution in [1.82, 2.24) is 15.2 Å². The van der Waals surface area contributed by atoms with Gasteiger partial charge < -0.3 is 30.0 Å². The predicted molar refractivity (Wildman–Crippen MR) is 244 cm³/mol. The van der Waals surface area contributed by atoms with Gasteiger partial charge in [0.05, 0.1) is 28.2 Å². The summed E-state index contributed by atoms with van der Waals surface area (Å²) in [5.41, 5.74) is 3.85. The van der Waals surface area contributed by atoms with Gasteiger partial charge in [-0.25, -0.2) is 9.59 Å². The molecule has 1 aromatic heterocycles. The van der Waals surface area contributed by atoms with Crippen LogP contribution in [0.3, 0.4) is 0 Å². The second kappa shape index (κ2) is 18.4. The number of carbonyl (C=O) groups is 5. The topological polar surface area (TPSA) is 145 Å². The molecule has 11 heteroatoms. The lowest BCUT2D eigenvalue weighted by atomic mass is 9.49. The lowest BCUT2D eigenvalue weighted by Crippen LogP contribution is -2.51. The van der Waals surface area contributed by atoms with E-state index in [4.69, 9.17) is 9.47 Å². The Labute approximate surface area is 372 Å². The third-order valence-electron chi connectivity index (χ3n) is 13.4. The van der Waals surface area contributed by atoms with Gasteiger partial charge in [-0.15, -0.1) is 0 Å². The summed E-state index contributed by atoms with van der Waals surface area (Å²) >= 11 is 0. The van der Waals surface area contributed by atoms with Gasteiger partial charge in [-0.05, 0) is 115 Å². The fourth-order valence-electron chi connectivity index (χ4n) is 10.7. The van der Waals surface area contributed by atoms with Crippen molar-refractivity contribution in [2.75, 3.05) is 18.4 Å². The number of aryl methyl sites for hydroxylation is 1. The van der Waals surface area contributed by atoms with Crippen molar-refractivity contribution >= 4 is 46.3 Å². The van der Waals surface area contributed by atoms with Gasteiger partial charge in [-0.1, -0.05) is 91.0 Å². The van der Waals surface area contributed by atoms with Gasteiger partial charge in [0.1, 0.15) is 13.2 Å². The van der Waals surface area contributed by atoms with Crippen molar-refractivity contribution in [3.05, 3.63) is 173 Å². The van der Waals surface area contributed by atoms with Crippen molar-refractivity contribution in [1.29, 1.82) is 0 Å². The monoisotopic (exact) mass is 856 g/mol. The number of aromatic nitrogens is 1. The van der Waals surface area contributed by atoms with Crippen LogP contribution in [-0.4, -0.2) is 47.3 Å². The minimum atomic E-state index is -0.916. The molecule has 1 atom stereocenters. The van der Waals surface area contributed by atoms with E-state index in [0.717, 1.165) is 59.0 Å². The Morgan fingerprint density at radius 3 is 1.72 bits per heavy atom. The quantitative estimate of drug-likeness (QED) is 0.0875. The van der Waals surface area contributed by atoms with E-state index in [-0.39, 0.29) is 59.0 Å². The molecule has 11 nitrogen and oxygen atoms in total. The van der Waals surface area contributed by atoms with E-state index in [0.29, 0.717) is 12.1 Å². The van der Waals surface area contributed by atoms with Crippen LogP contribution in [0.1, 0.15) is 103 Å². The smallest absolute Gasteiger partial charge is 0.338 e. The molecule has 5 aromatic carbocycles. The van der Waals surface area contributed by atoms with E-state index in [1.165, 1.54) is 37.5 Å². The zero-order valence-corrected chi connectivity index (χ0v) is 35.9. The molecular formula is C53H52N4O7. The Morgan fingerprint density at radius 1 is 0.641 bits per heavy atom. The molecule has 1 unspecified atom stereocenters. The summed E-state index contributed by atoms with van der Waals surface area (Å²) in [6.45, 7) is 0.474. The molecule has 64 heavy (non-hydrogen) atoms. The van der Waals surface area contributed by atoms with Crippen LogP contribution < -0.4 is 16.0 Å². The number of amides is 3. The second-order valence-electron chi connectivity index (χ2n) is 18.1. The Morgan fingerprint density at radius 2 is 1.16 bits per heavy atom. The molecule has 0 radical (unpaired) electrons. The SMILES string of the molecule is Cn1ccc2cc(C(=O)NCC(C(=O)Nc3cc(C(=O)OCc4ccccc4)cc(C(=O)OCc4ccccc4)c3)c3ccccc3)c(C(=O)NCC34CC5CC(CC(C5)C3)C4)cc21. The van der Waals surface area contributed by atoms with Gasteiger partial charge in [0.25, 0.3) is 11.8 Å². The molecule has 4 aliphatic carbocycles. The molecule has 0 aliphatic heterocycles. The summed E-state index contributed by atoms with van der Waals surface area (Å²) < 4.78 is 13.1. The Hall–Kier alpha value is -7.01. The highest BCUT2D eigenvalue weighted by Crippen LogP contribution is 2.59. The zero-order chi connectivity index (χ0) is 44.2. The van der Waals surface area contributed by atoms with Gasteiger partial charge in [0.2, 0.25) is 5.91 Å². The van der Waals surface area contributed by atoms with Gasteiger partial charge in [0.15, 0.2) is 0 Å². The highest BCUT2D eigenvalue weighted by atomic mass is 16.5. The summed E-state index contributed by atoms with van der Waals surface area (Å²) in [4.78, 5) is 69.8. The molecule has 0 saturated heterocycles. The number of carbonyl (C=O) groups excluding carboxylic acids is 5. The molecule has 0 spiro atoms. The lowest BCUT2D eigenvalue weighted by molar-refractivity contribution is -0.117. The minimum absolute atomic E-state index is 0.00243. The number of nitrogens with zero attached hydrogens (tertiary/aromatic N) is 1. The van der Waals surface area contributed by atoms with Crippen molar-refractivity contribution in [2.24, 2.45) is 30.2 Å². The normalized spacial score (nSPS) is 20.0. The fourth-order valence-corrected chi connectivity index (χ4v) is 10.7. The van der Waals surface area contributed by atoms with Gasteiger partial charge >= 0.3 is 11.9 Å². The highest BCUT2D eigenvalue weighted by molar-refractivity contribution is 6.10. The van der Waals surface area contributed by atoms with Crippen molar-refractivity contribution < 1.29 is 33.4 Å². The first-order valence-corrected chi connectivity index (χ1v) is 22.2. The van der Waals surface area contributed by atoms with Crippen LogP contribution in [0.2, 0.25) is 0 Å². The maximum Gasteiger partial charge on any atom is 0.338 e. The number of hydrogen-bond donors (Lipinski definition) is 3. The summed E-state index contributed by atoms with van der Waals surface area (Å²) in [5.74, 6) is -1.37. The third kappa shape index (κ3) is 9.49. The first kappa shape index (κ1) is 42.3. The number of nitrogens with one attached hydrogen (secondary N) is 3. The number of esters is 2. The van der Waals surface area contributed by atoms with Crippen LogP contribution in [0.25, 0.3) is 10.9 Å². The molecule has 4 saturated carbocycles. The molecule has 1 heterocycles. The number of fused-ring (bicyclic) bond motifs is 1. The molecule has 3 N–H and O–H groups in total. The lowest BCUT2D eigenvalue weighted by Gasteiger charge is -2.56. The van der Waals surface area contributed by atoms with E-state index in [2.05, 4.69) is 16.0 Å². The predicted octanol–water partition coefficient (Wildman–Crippen LogP) is 8.99. The van der Waals surface area contributed by atoms with Crippen molar-refractivity contribution in [3.8, 4) is 0 Å². The minimum Gasteiger partial charge on any atom is -0.457 e. The first-order chi connectivity index (χ1) is 31.1. The molecule has 4 bridgehead atoms. The number of ether oxygens (including phenoxy) is 2. The maximum atomic E-state index is 14.4. The summed E-state index contributed by atoms with van der Waals surface area (Å²) in [6.07, 6.45) is 9.27. The molecule has 326 valence electrons. The van der Waals surface area contributed by atoms with Gasteiger partial charge in [-0.2, -0.15) is 0 Å². The van der Waals surface area contributed by atoms with E-state index >= 15 is 0 Å². The molecule has 6 aromatic rings. The van der Waals surface area contributed by atoms with E-state index in [9.17, 15) is 24.0 Å². The first-order valence-electron chi connectivity index (χ1n) is 22.2. The van der Waals surface area contributed by atoms with Crippen LogP contribution >= 0.6 is 0 Å². The second-order valence-corrected chi connectivity index (χ2v) is 18.1. The van der Waals surface area contributed by atoms with Crippen LogP contribution in [0, 0.1) is 23.2 Å². The van der Waals surface area contributed by atoms with Gasteiger partial charge in [0, 0.05) is 42.9 Å². The van der Waals surface area contributed by atoms with Gasteiger partial charge in [-0.3, -0.25) is 14.4 Å². The Bertz CT molecular complexity index is 2590. The molecular weight excluding hydrogens is 805 g/mol.